The topological polar surface area (TPSA) is 86.9 Å². The second-order valence-corrected chi connectivity index (χ2v) is 6.00. The Morgan fingerprint density at radius 1 is 0.960 bits per heavy atom. The molecule has 2 amide bonds. The number of H-pyrrole nitrogens is 1. The summed E-state index contributed by atoms with van der Waals surface area (Å²) in [7, 11) is 0. The van der Waals surface area contributed by atoms with Crippen molar-refractivity contribution in [2.45, 2.75) is 0 Å². The number of hydrogen-bond acceptors (Lipinski definition) is 3. The zero-order valence-corrected chi connectivity index (χ0v) is 14.3. The molecule has 6 nitrogen and oxygen atoms in total. The molecule has 0 aliphatic heterocycles. The van der Waals surface area contributed by atoms with Crippen LogP contribution in [0.5, 0.6) is 0 Å². The first-order valence-electron chi connectivity index (χ1n) is 7.20. The Morgan fingerprint density at radius 2 is 1.60 bits per heavy atom. The highest BCUT2D eigenvalue weighted by molar-refractivity contribution is 9.10. The predicted molar refractivity (Wildman–Crippen MR) is 93.1 cm³/mol. The quantitative estimate of drug-likeness (QED) is 0.588. The molecule has 2 aromatic carbocycles. The number of carbonyl (C=O) groups is 2. The number of aromatic amines is 1. The summed E-state index contributed by atoms with van der Waals surface area (Å²) in [4.78, 5) is 23.9. The summed E-state index contributed by atoms with van der Waals surface area (Å²) in [5, 5.41) is 6.69. The van der Waals surface area contributed by atoms with E-state index in [1.54, 1.807) is 6.07 Å². The third kappa shape index (κ3) is 4.10. The van der Waals surface area contributed by atoms with Crippen LogP contribution in [0.3, 0.4) is 0 Å². The second-order valence-electron chi connectivity index (χ2n) is 5.09. The number of amides is 2. The van der Waals surface area contributed by atoms with Crippen LogP contribution in [-0.2, 0) is 0 Å². The molecule has 3 rings (SSSR count). The number of aromatic nitrogens is 2. The zero-order chi connectivity index (χ0) is 17.8. The number of hydrogen-bond donors (Lipinski definition) is 3. The fourth-order valence-corrected chi connectivity index (χ4v) is 2.33. The number of hydrazine groups is 1. The number of halogens is 2. The van der Waals surface area contributed by atoms with Crippen LogP contribution in [0.15, 0.2) is 59.1 Å². The molecule has 0 bridgehead atoms. The normalized spacial score (nSPS) is 10.3. The lowest BCUT2D eigenvalue weighted by Gasteiger charge is -2.05. The molecule has 0 fully saturated rings. The van der Waals surface area contributed by atoms with E-state index in [1.165, 1.54) is 12.1 Å². The third-order valence-electron chi connectivity index (χ3n) is 3.36. The SMILES string of the molecule is O=C(NNC(=O)c1cc(-c2ccc(Br)cc2)n[nH]1)c1ccc(F)cc1. The molecule has 3 aromatic rings. The lowest BCUT2D eigenvalue weighted by Crippen LogP contribution is -2.41. The predicted octanol–water partition coefficient (Wildman–Crippen LogP) is 3.05. The first kappa shape index (κ1) is 16.8. The van der Waals surface area contributed by atoms with Crippen molar-refractivity contribution in [3.05, 3.63) is 76.1 Å². The number of nitrogens with one attached hydrogen (secondary N) is 3. The molecule has 0 saturated carbocycles. The largest absolute Gasteiger partial charge is 0.287 e. The lowest BCUT2D eigenvalue weighted by atomic mass is 10.1. The van der Waals surface area contributed by atoms with Crippen LogP contribution in [0.1, 0.15) is 20.8 Å². The number of rotatable bonds is 3. The fourth-order valence-electron chi connectivity index (χ4n) is 2.06. The average molecular weight is 403 g/mol. The summed E-state index contributed by atoms with van der Waals surface area (Å²) in [6, 6.07) is 14.0. The van der Waals surface area contributed by atoms with Gasteiger partial charge in [0.15, 0.2) is 0 Å². The van der Waals surface area contributed by atoms with E-state index >= 15 is 0 Å². The number of carbonyl (C=O) groups excluding carboxylic acids is 2. The molecule has 0 radical (unpaired) electrons. The molecule has 25 heavy (non-hydrogen) atoms. The van der Waals surface area contributed by atoms with Crippen molar-refractivity contribution in [2.24, 2.45) is 0 Å². The first-order chi connectivity index (χ1) is 12.0. The summed E-state index contributed by atoms with van der Waals surface area (Å²) in [6.07, 6.45) is 0. The van der Waals surface area contributed by atoms with Crippen molar-refractivity contribution >= 4 is 27.7 Å². The Morgan fingerprint density at radius 3 is 2.28 bits per heavy atom. The van der Waals surface area contributed by atoms with Gasteiger partial charge in [0.05, 0.1) is 5.69 Å². The highest BCUT2D eigenvalue weighted by Crippen LogP contribution is 2.20. The first-order valence-corrected chi connectivity index (χ1v) is 8.00. The van der Waals surface area contributed by atoms with E-state index in [9.17, 15) is 14.0 Å². The molecular formula is C17H12BrFN4O2. The minimum atomic E-state index is -0.555. The van der Waals surface area contributed by atoms with Gasteiger partial charge in [0.1, 0.15) is 11.5 Å². The van der Waals surface area contributed by atoms with E-state index in [0.29, 0.717) is 5.69 Å². The fraction of sp³-hybridized carbons (Fsp3) is 0. The van der Waals surface area contributed by atoms with Gasteiger partial charge in [-0.15, -0.1) is 0 Å². The van der Waals surface area contributed by atoms with Crippen LogP contribution >= 0.6 is 15.9 Å². The molecule has 1 heterocycles. The van der Waals surface area contributed by atoms with Crippen molar-refractivity contribution in [3.63, 3.8) is 0 Å². The highest BCUT2D eigenvalue weighted by atomic mass is 79.9. The average Bonchev–Trinajstić information content (AvgIpc) is 3.11. The van der Waals surface area contributed by atoms with Crippen LogP contribution in [0.25, 0.3) is 11.3 Å². The molecule has 0 aliphatic rings. The maximum Gasteiger partial charge on any atom is 0.287 e. The molecule has 126 valence electrons. The van der Waals surface area contributed by atoms with Gasteiger partial charge in [0, 0.05) is 15.6 Å². The van der Waals surface area contributed by atoms with E-state index in [-0.39, 0.29) is 11.3 Å². The number of nitrogens with zero attached hydrogens (tertiary/aromatic N) is 1. The zero-order valence-electron chi connectivity index (χ0n) is 12.7. The minimum Gasteiger partial charge on any atom is -0.272 e. The van der Waals surface area contributed by atoms with Crippen molar-refractivity contribution < 1.29 is 14.0 Å². The molecule has 0 aliphatic carbocycles. The van der Waals surface area contributed by atoms with E-state index in [4.69, 9.17) is 0 Å². The molecule has 3 N–H and O–H groups in total. The Kier molecular flexibility index (Phi) is 4.90. The Labute approximate surface area is 150 Å². The van der Waals surface area contributed by atoms with Crippen molar-refractivity contribution in [1.82, 2.24) is 21.0 Å². The molecule has 0 saturated heterocycles. The number of benzene rings is 2. The molecule has 1 aromatic heterocycles. The van der Waals surface area contributed by atoms with Gasteiger partial charge in [-0.1, -0.05) is 28.1 Å². The summed E-state index contributed by atoms with van der Waals surface area (Å²) in [5.74, 6) is -1.55. The van der Waals surface area contributed by atoms with Crippen LogP contribution in [0.4, 0.5) is 4.39 Å². The van der Waals surface area contributed by atoms with Gasteiger partial charge in [-0.05, 0) is 42.5 Å². The maximum atomic E-state index is 12.8. The molecular weight excluding hydrogens is 391 g/mol. The summed E-state index contributed by atoms with van der Waals surface area (Å²) >= 11 is 3.35. The highest BCUT2D eigenvalue weighted by Gasteiger charge is 2.12. The third-order valence-corrected chi connectivity index (χ3v) is 3.89. The Hall–Kier alpha value is -3.00. The van der Waals surface area contributed by atoms with Crippen LogP contribution in [-0.4, -0.2) is 22.0 Å². The summed E-state index contributed by atoms with van der Waals surface area (Å²) < 4.78 is 13.8. The minimum absolute atomic E-state index is 0.192. The van der Waals surface area contributed by atoms with Crippen molar-refractivity contribution in [2.75, 3.05) is 0 Å². The van der Waals surface area contributed by atoms with Gasteiger partial charge in [-0.25, -0.2) is 4.39 Å². The Balaban J connectivity index is 1.63. The van der Waals surface area contributed by atoms with Gasteiger partial charge in [0.2, 0.25) is 0 Å². The van der Waals surface area contributed by atoms with E-state index in [2.05, 4.69) is 37.0 Å². The molecule has 0 atom stereocenters. The van der Waals surface area contributed by atoms with Crippen LogP contribution < -0.4 is 10.9 Å². The molecule has 0 spiro atoms. The molecule has 8 heteroatoms. The van der Waals surface area contributed by atoms with Crippen LogP contribution in [0, 0.1) is 5.82 Å². The Bertz CT molecular complexity index is 907. The molecule has 0 unspecified atom stereocenters. The lowest BCUT2D eigenvalue weighted by molar-refractivity contribution is 0.0844. The summed E-state index contributed by atoms with van der Waals surface area (Å²) in [6.45, 7) is 0. The van der Waals surface area contributed by atoms with Gasteiger partial charge < -0.3 is 0 Å². The monoisotopic (exact) mass is 402 g/mol. The van der Waals surface area contributed by atoms with E-state index < -0.39 is 17.6 Å². The second kappa shape index (κ2) is 7.27. The van der Waals surface area contributed by atoms with Gasteiger partial charge in [-0.3, -0.25) is 25.5 Å². The van der Waals surface area contributed by atoms with E-state index in [0.717, 1.165) is 22.2 Å². The smallest absolute Gasteiger partial charge is 0.272 e. The maximum absolute atomic E-state index is 12.8. The van der Waals surface area contributed by atoms with Gasteiger partial charge >= 0.3 is 0 Å². The van der Waals surface area contributed by atoms with Crippen molar-refractivity contribution in [1.29, 1.82) is 0 Å². The standard InChI is InChI=1S/C17H12BrFN4O2/c18-12-5-1-10(2-6-12)14-9-15(21-20-14)17(25)23-22-16(24)11-3-7-13(19)8-4-11/h1-9H,(H,20,21)(H,22,24)(H,23,25). The van der Waals surface area contributed by atoms with E-state index in [1.807, 2.05) is 24.3 Å². The van der Waals surface area contributed by atoms with Crippen LogP contribution in [0.2, 0.25) is 0 Å². The van der Waals surface area contributed by atoms with Crippen molar-refractivity contribution in [3.8, 4) is 11.3 Å². The van der Waals surface area contributed by atoms with Gasteiger partial charge in [0.25, 0.3) is 11.8 Å². The van der Waals surface area contributed by atoms with Gasteiger partial charge in [-0.2, -0.15) is 5.10 Å². The summed E-state index contributed by atoms with van der Waals surface area (Å²) in [5.41, 5.74) is 6.39.